The van der Waals surface area contributed by atoms with Crippen LogP contribution in [-0.2, 0) is 6.54 Å². The lowest BCUT2D eigenvalue weighted by Gasteiger charge is -2.15. The van der Waals surface area contributed by atoms with Crippen LogP contribution in [0.2, 0.25) is 0 Å². The molecule has 1 aromatic carbocycles. The van der Waals surface area contributed by atoms with E-state index in [9.17, 15) is 0 Å². The molecule has 0 saturated heterocycles. The number of aromatic nitrogens is 3. The molecule has 0 aliphatic heterocycles. The summed E-state index contributed by atoms with van der Waals surface area (Å²) in [5, 5.41) is 11.2. The molecule has 0 bridgehead atoms. The molecule has 1 heterocycles. The van der Waals surface area contributed by atoms with Crippen molar-refractivity contribution < 1.29 is 0 Å². The van der Waals surface area contributed by atoms with Crippen LogP contribution in [0.4, 0.5) is 0 Å². The van der Waals surface area contributed by atoms with Gasteiger partial charge >= 0.3 is 0 Å². The second kappa shape index (κ2) is 6.48. The summed E-state index contributed by atoms with van der Waals surface area (Å²) in [7, 11) is 0. The summed E-state index contributed by atoms with van der Waals surface area (Å²) < 4.78 is 1.83. The summed E-state index contributed by atoms with van der Waals surface area (Å²) in [5.41, 5.74) is 2.71. The Balaban J connectivity index is 1.83. The van der Waals surface area contributed by atoms with Crippen LogP contribution in [0.1, 0.15) is 43.9 Å². The fraction of sp³-hybridized carbons (Fsp3) is 0.467. The van der Waals surface area contributed by atoms with Crippen molar-refractivity contribution in [3.8, 4) is 0 Å². The van der Waals surface area contributed by atoms with E-state index in [2.05, 4.69) is 60.7 Å². The van der Waals surface area contributed by atoms with Crippen LogP contribution in [0.15, 0.2) is 36.7 Å². The molecule has 102 valence electrons. The molecule has 4 heteroatoms. The first-order valence-corrected chi connectivity index (χ1v) is 6.84. The monoisotopic (exact) mass is 258 g/mol. The smallest absolute Gasteiger partial charge is 0.0692 e. The number of hydrogen-bond donors (Lipinski definition) is 1. The quantitative estimate of drug-likeness (QED) is 0.866. The third-order valence-corrected chi connectivity index (χ3v) is 3.37. The summed E-state index contributed by atoms with van der Waals surface area (Å²) in [6, 6.07) is 9.21. The lowest BCUT2D eigenvalue weighted by molar-refractivity contribution is 0.499. The SMILES string of the molecule is CC(C)c1ccc(C(C)NCCn2ccnn2)cc1. The molecule has 4 nitrogen and oxygen atoms in total. The van der Waals surface area contributed by atoms with Crippen LogP contribution in [0, 0.1) is 0 Å². The van der Waals surface area contributed by atoms with Gasteiger partial charge in [-0.1, -0.05) is 43.3 Å². The van der Waals surface area contributed by atoms with E-state index in [1.807, 2.05) is 10.9 Å². The molecule has 0 saturated carbocycles. The predicted molar refractivity (Wildman–Crippen MR) is 77.0 cm³/mol. The molecule has 1 aromatic heterocycles. The van der Waals surface area contributed by atoms with Gasteiger partial charge < -0.3 is 5.32 Å². The lowest BCUT2D eigenvalue weighted by Crippen LogP contribution is -2.23. The Labute approximate surface area is 114 Å². The molecule has 0 aliphatic carbocycles. The summed E-state index contributed by atoms with van der Waals surface area (Å²) in [4.78, 5) is 0. The molecule has 1 N–H and O–H groups in total. The van der Waals surface area contributed by atoms with Gasteiger partial charge in [-0.25, -0.2) is 0 Å². The van der Waals surface area contributed by atoms with Crippen molar-refractivity contribution in [1.29, 1.82) is 0 Å². The summed E-state index contributed by atoms with van der Waals surface area (Å²) >= 11 is 0. The Kier molecular flexibility index (Phi) is 4.68. The van der Waals surface area contributed by atoms with E-state index in [1.54, 1.807) is 6.20 Å². The summed E-state index contributed by atoms with van der Waals surface area (Å²) in [6.07, 6.45) is 3.58. The number of nitrogens with one attached hydrogen (secondary N) is 1. The van der Waals surface area contributed by atoms with E-state index in [0.717, 1.165) is 13.1 Å². The largest absolute Gasteiger partial charge is 0.308 e. The minimum absolute atomic E-state index is 0.352. The normalized spacial score (nSPS) is 12.8. The maximum Gasteiger partial charge on any atom is 0.0692 e. The molecule has 0 spiro atoms. The Morgan fingerprint density at radius 3 is 2.37 bits per heavy atom. The van der Waals surface area contributed by atoms with Crippen LogP contribution < -0.4 is 5.32 Å². The Hall–Kier alpha value is -1.68. The highest BCUT2D eigenvalue weighted by Crippen LogP contribution is 2.18. The fourth-order valence-corrected chi connectivity index (χ4v) is 2.04. The molecule has 1 atom stereocenters. The van der Waals surface area contributed by atoms with E-state index < -0.39 is 0 Å². The topological polar surface area (TPSA) is 42.7 Å². The minimum Gasteiger partial charge on any atom is -0.308 e. The first-order chi connectivity index (χ1) is 9.16. The van der Waals surface area contributed by atoms with Crippen LogP contribution in [0.3, 0.4) is 0 Å². The average Bonchev–Trinajstić information content (AvgIpc) is 2.92. The van der Waals surface area contributed by atoms with Crippen molar-refractivity contribution in [3.05, 3.63) is 47.8 Å². The average molecular weight is 258 g/mol. The van der Waals surface area contributed by atoms with E-state index in [4.69, 9.17) is 0 Å². The standard InChI is InChI=1S/C15H22N4/c1-12(2)14-4-6-15(7-5-14)13(3)16-8-10-19-11-9-17-18-19/h4-7,9,11-13,16H,8,10H2,1-3H3. The Bertz CT molecular complexity index is 473. The highest BCUT2D eigenvalue weighted by atomic mass is 15.4. The zero-order valence-corrected chi connectivity index (χ0v) is 11.9. The van der Waals surface area contributed by atoms with Gasteiger partial charge in [0, 0.05) is 18.8 Å². The number of rotatable bonds is 6. The van der Waals surface area contributed by atoms with Gasteiger partial charge in [-0.3, -0.25) is 4.68 Å². The van der Waals surface area contributed by atoms with Gasteiger partial charge in [0.25, 0.3) is 0 Å². The van der Waals surface area contributed by atoms with Crippen molar-refractivity contribution in [3.63, 3.8) is 0 Å². The highest BCUT2D eigenvalue weighted by molar-refractivity contribution is 5.26. The van der Waals surface area contributed by atoms with Gasteiger partial charge in [0.15, 0.2) is 0 Å². The second-order valence-electron chi connectivity index (χ2n) is 5.16. The molecular weight excluding hydrogens is 236 g/mol. The van der Waals surface area contributed by atoms with Crippen molar-refractivity contribution in [2.75, 3.05) is 6.54 Å². The zero-order valence-electron chi connectivity index (χ0n) is 11.9. The van der Waals surface area contributed by atoms with Crippen LogP contribution in [0.25, 0.3) is 0 Å². The lowest BCUT2D eigenvalue weighted by atomic mass is 10.00. The molecule has 1 unspecified atom stereocenters. The van der Waals surface area contributed by atoms with Crippen molar-refractivity contribution in [2.24, 2.45) is 0 Å². The molecule has 19 heavy (non-hydrogen) atoms. The molecule has 0 radical (unpaired) electrons. The van der Waals surface area contributed by atoms with Gasteiger partial charge in [-0.05, 0) is 24.0 Å². The third kappa shape index (κ3) is 3.89. The van der Waals surface area contributed by atoms with Gasteiger partial charge in [0.2, 0.25) is 0 Å². The van der Waals surface area contributed by atoms with Crippen molar-refractivity contribution >= 4 is 0 Å². The molecular formula is C15H22N4. The Morgan fingerprint density at radius 1 is 1.11 bits per heavy atom. The Morgan fingerprint density at radius 2 is 1.79 bits per heavy atom. The van der Waals surface area contributed by atoms with Gasteiger partial charge in [-0.2, -0.15) is 0 Å². The van der Waals surface area contributed by atoms with Gasteiger partial charge in [-0.15, -0.1) is 5.10 Å². The van der Waals surface area contributed by atoms with Crippen LogP contribution in [0.5, 0.6) is 0 Å². The highest BCUT2D eigenvalue weighted by Gasteiger charge is 2.05. The number of benzene rings is 1. The third-order valence-electron chi connectivity index (χ3n) is 3.37. The fourth-order valence-electron chi connectivity index (χ4n) is 2.04. The number of nitrogens with zero attached hydrogens (tertiary/aromatic N) is 3. The second-order valence-corrected chi connectivity index (χ2v) is 5.16. The number of hydrogen-bond acceptors (Lipinski definition) is 3. The maximum absolute atomic E-state index is 3.94. The van der Waals surface area contributed by atoms with E-state index in [-0.39, 0.29) is 0 Å². The molecule has 2 rings (SSSR count). The first-order valence-electron chi connectivity index (χ1n) is 6.84. The molecule has 0 amide bonds. The van der Waals surface area contributed by atoms with Gasteiger partial charge in [0.1, 0.15) is 0 Å². The molecule has 0 fully saturated rings. The zero-order chi connectivity index (χ0) is 13.7. The minimum atomic E-state index is 0.352. The van der Waals surface area contributed by atoms with E-state index in [1.165, 1.54) is 11.1 Å². The van der Waals surface area contributed by atoms with Crippen molar-refractivity contribution in [1.82, 2.24) is 20.3 Å². The maximum atomic E-state index is 3.94. The van der Waals surface area contributed by atoms with E-state index in [0.29, 0.717) is 12.0 Å². The van der Waals surface area contributed by atoms with Crippen molar-refractivity contribution in [2.45, 2.75) is 39.3 Å². The van der Waals surface area contributed by atoms with Crippen LogP contribution in [-0.4, -0.2) is 21.5 Å². The first kappa shape index (κ1) is 13.7. The van der Waals surface area contributed by atoms with Crippen LogP contribution >= 0.6 is 0 Å². The molecule has 0 aliphatic rings. The van der Waals surface area contributed by atoms with E-state index >= 15 is 0 Å². The summed E-state index contributed by atoms with van der Waals surface area (Å²) in [5.74, 6) is 0.588. The van der Waals surface area contributed by atoms with Gasteiger partial charge in [0.05, 0.1) is 12.7 Å². The predicted octanol–water partition coefficient (Wildman–Crippen LogP) is 2.75. The molecule has 2 aromatic rings. The summed E-state index contributed by atoms with van der Waals surface area (Å²) in [6.45, 7) is 8.35.